The van der Waals surface area contributed by atoms with E-state index in [1.807, 2.05) is 0 Å². The Morgan fingerprint density at radius 1 is 0.850 bits per heavy atom. The minimum Gasteiger partial charge on any atom is -0.361 e. The van der Waals surface area contributed by atoms with Gasteiger partial charge in [-0.2, -0.15) is 0 Å². The number of piperidine rings is 1. The molecule has 1 aliphatic heterocycles. The van der Waals surface area contributed by atoms with E-state index in [9.17, 15) is 0 Å². The van der Waals surface area contributed by atoms with E-state index in [4.69, 9.17) is 13.3 Å². The molecule has 20 heavy (non-hydrogen) atoms. The van der Waals surface area contributed by atoms with Crippen LogP contribution in [0.3, 0.4) is 0 Å². The molecular weight excluding hydrogens is 270 g/mol. The van der Waals surface area contributed by atoms with Crippen LogP contribution in [-0.4, -0.2) is 45.9 Å². The van der Waals surface area contributed by atoms with Crippen LogP contribution in [0.25, 0.3) is 0 Å². The summed E-state index contributed by atoms with van der Waals surface area (Å²) < 4.78 is 21.2. The SMILES string of the molecule is CCO[Si](OCC)(OC1CCCCC1)N1CCCCC1. The molecule has 0 bridgehead atoms. The smallest absolute Gasteiger partial charge is 0.361 e. The predicted molar refractivity (Wildman–Crippen MR) is 82.4 cm³/mol. The minimum absolute atomic E-state index is 0.343. The summed E-state index contributed by atoms with van der Waals surface area (Å²) in [5, 5.41) is 0. The highest BCUT2D eigenvalue weighted by molar-refractivity contribution is 6.57. The van der Waals surface area contributed by atoms with Crippen molar-refractivity contribution >= 4 is 8.97 Å². The summed E-state index contributed by atoms with van der Waals surface area (Å²) in [4.78, 5) is 0. The molecule has 0 aromatic carbocycles. The molecule has 1 saturated carbocycles. The van der Waals surface area contributed by atoms with Crippen LogP contribution in [0, 0.1) is 0 Å². The largest absolute Gasteiger partial charge is 0.599 e. The summed E-state index contributed by atoms with van der Waals surface area (Å²) in [7, 11) is -2.65. The molecule has 4 nitrogen and oxygen atoms in total. The first-order valence-electron chi connectivity index (χ1n) is 8.51. The van der Waals surface area contributed by atoms with Crippen molar-refractivity contribution in [3.8, 4) is 0 Å². The molecule has 0 radical (unpaired) electrons. The lowest BCUT2D eigenvalue weighted by molar-refractivity contribution is -0.0265. The maximum Gasteiger partial charge on any atom is 0.599 e. The molecule has 5 heteroatoms. The molecule has 0 aromatic heterocycles. The standard InChI is InChI=1S/C15H31NO3Si/c1-3-17-20(18-4-2,16-13-9-6-10-14-16)19-15-11-7-5-8-12-15/h15H,3-14H2,1-2H3. The maximum atomic E-state index is 6.52. The lowest BCUT2D eigenvalue weighted by Crippen LogP contribution is -2.63. The van der Waals surface area contributed by atoms with Crippen LogP contribution in [-0.2, 0) is 13.3 Å². The fraction of sp³-hybridized carbons (Fsp3) is 1.00. The molecule has 0 amide bonds. The van der Waals surface area contributed by atoms with E-state index in [1.165, 1.54) is 51.4 Å². The molecule has 1 saturated heterocycles. The Labute approximate surface area is 125 Å². The van der Waals surface area contributed by atoms with Gasteiger partial charge in [0.2, 0.25) is 0 Å². The Morgan fingerprint density at radius 2 is 1.40 bits per heavy atom. The van der Waals surface area contributed by atoms with Gasteiger partial charge in [-0.25, -0.2) is 0 Å². The minimum atomic E-state index is -2.65. The molecule has 1 aliphatic carbocycles. The second-order valence-corrected chi connectivity index (χ2v) is 8.31. The molecule has 0 unspecified atom stereocenters. The Balaban J connectivity index is 2.06. The number of hydrogen-bond acceptors (Lipinski definition) is 4. The topological polar surface area (TPSA) is 30.9 Å². The first-order chi connectivity index (χ1) is 9.80. The molecule has 2 rings (SSSR count). The Morgan fingerprint density at radius 3 is 1.95 bits per heavy atom. The van der Waals surface area contributed by atoms with Crippen molar-refractivity contribution in [1.82, 2.24) is 4.57 Å². The number of nitrogens with zero attached hydrogens (tertiary/aromatic N) is 1. The zero-order valence-corrected chi connectivity index (χ0v) is 14.2. The predicted octanol–water partition coefficient (Wildman–Crippen LogP) is 3.33. The summed E-state index contributed by atoms with van der Waals surface area (Å²) >= 11 is 0. The van der Waals surface area contributed by atoms with Gasteiger partial charge in [0, 0.05) is 13.2 Å². The highest BCUT2D eigenvalue weighted by atomic mass is 28.4. The summed E-state index contributed by atoms with van der Waals surface area (Å²) in [6, 6.07) is 0. The van der Waals surface area contributed by atoms with Crippen LogP contribution in [0.1, 0.15) is 65.2 Å². The van der Waals surface area contributed by atoms with Crippen molar-refractivity contribution in [1.29, 1.82) is 0 Å². The number of rotatable bonds is 7. The van der Waals surface area contributed by atoms with Crippen molar-refractivity contribution in [2.24, 2.45) is 0 Å². The summed E-state index contributed by atoms with van der Waals surface area (Å²) in [6.07, 6.45) is 10.4. The van der Waals surface area contributed by atoms with E-state index >= 15 is 0 Å². The zero-order chi connectivity index (χ0) is 14.3. The highest BCUT2D eigenvalue weighted by Crippen LogP contribution is 2.28. The third-order valence-corrected chi connectivity index (χ3v) is 7.42. The van der Waals surface area contributed by atoms with E-state index in [0.717, 1.165) is 13.1 Å². The van der Waals surface area contributed by atoms with Gasteiger partial charge in [0.1, 0.15) is 0 Å². The van der Waals surface area contributed by atoms with E-state index in [2.05, 4.69) is 18.4 Å². The first-order valence-corrected chi connectivity index (χ1v) is 10.2. The van der Waals surface area contributed by atoms with Gasteiger partial charge < -0.3 is 13.3 Å². The third kappa shape index (κ3) is 4.27. The average Bonchev–Trinajstić information content (AvgIpc) is 2.49. The second kappa shape index (κ2) is 8.49. The third-order valence-electron chi connectivity index (χ3n) is 4.26. The fourth-order valence-corrected chi connectivity index (χ4v) is 6.28. The quantitative estimate of drug-likeness (QED) is 0.675. The van der Waals surface area contributed by atoms with E-state index in [-0.39, 0.29) is 0 Å². The average molecular weight is 302 g/mol. The van der Waals surface area contributed by atoms with Crippen LogP contribution in [0.4, 0.5) is 0 Å². The normalized spacial score (nSPS) is 23.1. The van der Waals surface area contributed by atoms with Crippen molar-refractivity contribution in [3.05, 3.63) is 0 Å². The van der Waals surface area contributed by atoms with Gasteiger partial charge in [-0.3, -0.25) is 4.57 Å². The van der Waals surface area contributed by atoms with Gasteiger partial charge in [0.15, 0.2) is 0 Å². The lowest BCUT2D eigenvalue weighted by atomic mass is 9.98. The van der Waals surface area contributed by atoms with Crippen molar-refractivity contribution < 1.29 is 13.3 Å². The first kappa shape index (κ1) is 16.4. The molecule has 0 atom stereocenters. The number of hydrogen-bond donors (Lipinski definition) is 0. The molecule has 118 valence electrons. The Kier molecular flexibility index (Phi) is 6.97. The molecule has 0 aromatic rings. The monoisotopic (exact) mass is 301 g/mol. The fourth-order valence-electron chi connectivity index (χ4n) is 3.29. The molecule has 1 heterocycles. The molecule has 2 fully saturated rings. The van der Waals surface area contributed by atoms with Crippen molar-refractivity contribution in [2.75, 3.05) is 26.3 Å². The maximum absolute atomic E-state index is 6.52. The Bertz CT molecular complexity index is 260. The van der Waals surface area contributed by atoms with Crippen molar-refractivity contribution in [2.45, 2.75) is 71.3 Å². The van der Waals surface area contributed by atoms with E-state index in [0.29, 0.717) is 19.3 Å². The van der Waals surface area contributed by atoms with Crippen LogP contribution < -0.4 is 0 Å². The second-order valence-electron chi connectivity index (χ2n) is 5.82. The van der Waals surface area contributed by atoms with Gasteiger partial charge in [-0.1, -0.05) is 25.7 Å². The Hall–Kier alpha value is 0.0569. The van der Waals surface area contributed by atoms with E-state index in [1.54, 1.807) is 0 Å². The van der Waals surface area contributed by atoms with Crippen LogP contribution in [0.2, 0.25) is 0 Å². The van der Waals surface area contributed by atoms with Crippen molar-refractivity contribution in [3.63, 3.8) is 0 Å². The van der Waals surface area contributed by atoms with Crippen LogP contribution >= 0.6 is 0 Å². The van der Waals surface area contributed by atoms with Gasteiger partial charge in [0.25, 0.3) is 0 Å². The van der Waals surface area contributed by atoms with Gasteiger partial charge in [-0.05, 0) is 52.6 Å². The lowest BCUT2D eigenvalue weighted by Gasteiger charge is -2.42. The molecule has 0 N–H and O–H groups in total. The van der Waals surface area contributed by atoms with E-state index < -0.39 is 8.97 Å². The van der Waals surface area contributed by atoms with Crippen LogP contribution in [0.5, 0.6) is 0 Å². The van der Waals surface area contributed by atoms with Gasteiger partial charge in [0.05, 0.1) is 6.10 Å². The molecule has 2 aliphatic rings. The van der Waals surface area contributed by atoms with Crippen LogP contribution in [0.15, 0.2) is 0 Å². The van der Waals surface area contributed by atoms with Gasteiger partial charge >= 0.3 is 8.97 Å². The zero-order valence-electron chi connectivity index (χ0n) is 13.2. The highest BCUT2D eigenvalue weighted by Gasteiger charge is 2.50. The summed E-state index contributed by atoms with van der Waals surface area (Å²) in [5.41, 5.74) is 0. The molecular formula is C15H31NO3Si. The summed E-state index contributed by atoms with van der Waals surface area (Å²) in [5.74, 6) is 0. The van der Waals surface area contributed by atoms with Gasteiger partial charge in [-0.15, -0.1) is 0 Å². The molecule has 0 spiro atoms. The summed E-state index contributed by atoms with van der Waals surface area (Å²) in [6.45, 7) is 7.59.